The van der Waals surface area contributed by atoms with E-state index in [9.17, 15) is 14.7 Å². The van der Waals surface area contributed by atoms with Gasteiger partial charge in [-0.2, -0.15) is 11.8 Å². The van der Waals surface area contributed by atoms with Crippen molar-refractivity contribution in [3.8, 4) is 0 Å². The third-order valence-electron chi connectivity index (χ3n) is 7.70. The van der Waals surface area contributed by atoms with Crippen molar-refractivity contribution in [2.45, 2.75) is 114 Å². The first-order valence-electron chi connectivity index (χ1n) is 12.5. The van der Waals surface area contributed by atoms with Crippen LogP contribution in [0.25, 0.3) is 0 Å². The number of carbonyl (C=O) groups is 2. The summed E-state index contributed by atoms with van der Waals surface area (Å²) in [5.41, 5.74) is -1.71. The molecule has 1 N–H and O–H groups in total. The number of amides is 1. The van der Waals surface area contributed by atoms with E-state index in [0.717, 1.165) is 64.2 Å². The van der Waals surface area contributed by atoms with Crippen molar-refractivity contribution < 1.29 is 24.2 Å². The quantitative estimate of drug-likeness (QED) is 0.519. The zero-order valence-electron chi connectivity index (χ0n) is 20.7. The number of hydrogen-bond acceptors (Lipinski definition) is 6. The maximum atomic E-state index is 13.3. The lowest BCUT2D eigenvalue weighted by Crippen LogP contribution is -2.57. The highest BCUT2D eigenvalue weighted by Gasteiger charge is 2.54. The monoisotopic (exact) mass is 469 g/mol. The molecule has 2 unspecified atom stereocenters. The van der Waals surface area contributed by atoms with Crippen LogP contribution in [0, 0.1) is 11.3 Å². The Morgan fingerprint density at radius 2 is 1.75 bits per heavy atom. The molecule has 0 aromatic carbocycles. The van der Waals surface area contributed by atoms with E-state index in [0.29, 0.717) is 13.1 Å². The minimum absolute atomic E-state index is 0.00473. The van der Waals surface area contributed by atoms with Crippen LogP contribution in [0.15, 0.2) is 0 Å². The van der Waals surface area contributed by atoms with Gasteiger partial charge in [-0.05, 0) is 83.3 Å². The SMILES string of the molecule is CCCC(SC)C(O)(C(=O)OC1CC2(CCN(C(=O)OC(C)(C)C)CC2)C1)C1CCCC1. The van der Waals surface area contributed by atoms with E-state index in [1.807, 2.05) is 27.0 Å². The first-order valence-corrected chi connectivity index (χ1v) is 13.8. The highest BCUT2D eigenvalue weighted by molar-refractivity contribution is 7.99. The average Bonchev–Trinajstić information content (AvgIpc) is 3.24. The smallest absolute Gasteiger partial charge is 0.410 e. The number of piperidine rings is 1. The van der Waals surface area contributed by atoms with E-state index in [1.54, 1.807) is 16.7 Å². The van der Waals surface area contributed by atoms with Crippen LogP contribution >= 0.6 is 11.8 Å². The maximum absolute atomic E-state index is 13.3. The molecule has 6 nitrogen and oxygen atoms in total. The Balaban J connectivity index is 1.54. The Kier molecular flexibility index (Phi) is 8.12. The second kappa shape index (κ2) is 10.1. The van der Waals surface area contributed by atoms with E-state index in [1.165, 1.54) is 0 Å². The maximum Gasteiger partial charge on any atom is 0.410 e. The zero-order chi connectivity index (χ0) is 23.6. The number of hydrogen-bond donors (Lipinski definition) is 1. The van der Waals surface area contributed by atoms with Crippen LogP contribution in [0.1, 0.15) is 91.9 Å². The molecule has 0 bridgehead atoms. The van der Waals surface area contributed by atoms with Gasteiger partial charge in [0.25, 0.3) is 0 Å². The van der Waals surface area contributed by atoms with Crippen LogP contribution in [0.3, 0.4) is 0 Å². The molecule has 1 heterocycles. The van der Waals surface area contributed by atoms with E-state index in [-0.39, 0.29) is 28.8 Å². The second-order valence-corrected chi connectivity index (χ2v) is 12.3. The van der Waals surface area contributed by atoms with Gasteiger partial charge in [-0.3, -0.25) is 0 Å². The predicted molar refractivity (Wildman–Crippen MR) is 128 cm³/mol. The summed E-state index contributed by atoms with van der Waals surface area (Å²) in [6.07, 6.45) is 10.8. The van der Waals surface area contributed by atoms with Crippen molar-refractivity contribution >= 4 is 23.8 Å². The van der Waals surface area contributed by atoms with Crippen LogP contribution in [0.4, 0.5) is 4.79 Å². The van der Waals surface area contributed by atoms with Gasteiger partial charge in [-0.25, -0.2) is 9.59 Å². The van der Waals surface area contributed by atoms with E-state index in [2.05, 4.69) is 6.92 Å². The van der Waals surface area contributed by atoms with Crippen LogP contribution in [-0.2, 0) is 14.3 Å². The lowest BCUT2D eigenvalue weighted by atomic mass is 9.61. The van der Waals surface area contributed by atoms with Crippen molar-refractivity contribution in [1.82, 2.24) is 4.90 Å². The number of aliphatic hydroxyl groups is 1. The molecule has 3 fully saturated rings. The molecule has 3 rings (SSSR count). The summed E-state index contributed by atoms with van der Waals surface area (Å²) in [6, 6.07) is 0. The molecule has 1 spiro atoms. The highest BCUT2D eigenvalue weighted by Crippen LogP contribution is 2.51. The Labute approximate surface area is 198 Å². The highest BCUT2D eigenvalue weighted by atomic mass is 32.2. The van der Waals surface area contributed by atoms with Crippen LogP contribution in [0.5, 0.6) is 0 Å². The van der Waals surface area contributed by atoms with Gasteiger partial charge in [0.1, 0.15) is 11.7 Å². The first-order chi connectivity index (χ1) is 15.0. The molecule has 0 aromatic heterocycles. The van der Waals surface area contributed by atoms with Gasteiger partial charge in [0, 0.05) is 18.3 Å². The van der Waals surface area contributed by atoms with Gasteiger partial charge >= 0.3 is 12.1 Å². The van der Waals surface area contributed by atoms with Crippen LogP contribution in [0.2, 0.25) is 0 Å². The molecule has 2 aliphatic carbocycles. The number of carbonyl (C=O) groups excluding carboxylic acids is 2. The summed E-state index contributed by atoms with van der Waals surface area (Å²) < 4.78 is 11.5. The van der Waals surface area contributed by atoms with Gasteiger partial charge in [0.2, 0.25) is 0 Å². The van der Waals surface area contributed by atoms with Crippen molar-refractivity contribution in [1.29, 1.82) is 0 Å². The van der Waals surface area contributed by atoms with E-state index >= 15 is 0 Å². The summed E-state index contributed by atoms with van der Waals surface area (Å²) in [7, 11) is 0. The standard InChI is InChI=1S/C25H43NO5S/c1-6-9-20(32-5)25(29,18-10-7-8-11-18)21(27)30-19-16-24(17-19)12-14-26(15-13-24)22(28)31-23(2,3)4/h18-20,29H,6-17H2,1-5H3. The molecule has 32 heavy (non-hydrogen) atoms. The van der Waals surface area contributed by atoms with Gasteiger partial charge in [-0.15, -0.1) is 0 Å². The number of ether oxygens (including phenoxy) is 2. The molecule has 3 aliphatic rings. The van der Waals surface area contributed by atoms with Crippen molar-refractivity contribution in [2.24, 2.45) is 11.3 Å². The molecule has 1 aliphatic heterocycles. The van der Waals surface area contributed by atoms with Crippen molar-refractivity contribution in [2.75, 3.05) is 19.3 Å². The molecule has 0 radical (unpaired) electrons. The molecule has 0 aromatic rings. The number of likely N-dealkylation sites (tertiary alicyclic amines) is 1. The van der Waals surface area contributed by atoms with Crippen LogP contribution < -0.4 is 0 Å². The van der Waals surface area contributed by atoms with E-state index in [4.69, 9.17) is 9.47 Å². The summed E-state index contributed by atoms with van der Waals surface area (Å²) in [5.74, 6) is -0.395. The molecule has 1 saturated heterocycles. The molecule has 184 valence electrons. The number of esters is 1. The Bertz CT molecular complexity index is 656. The Hall–Kier alpha value is -0.950. The van der Waals surface area contributed by atoms with Crippen molar-refractivity contribution in [3.05, 3.63) is 0 Å². The average molecular weight is 470 g/mol. The number of thioether (sulfide) groups is 1. The number of rotatable bonds is 7. The second-order valence-electron chi connectivity index (χ2n) is 11.2. The van der Waals surface area contributed by atoms with Crippen LogP contribution in [-0.4, -0.2) is 64.0 Å². The van der Waals surface area contributed by atoms with Crippen molar-refractivity contribution in [3.63, 3.8) is 0 Å². The topological polar surface area (TPSA) is 76.1 Å². The largest absolute Gasteiger partial charge is 0.460 e. The predicted octanol–water partition coefficient (Wildman–Crippen LogP) is 5.16. The fraction of sp³-hybridized carbons (Fsp3) is 0.920. The fourth-order valence-electron chi connectivity index (χ4n) is 5.84. The third-order valence-corrected chi connectivity index (χ3v) is 8.87. The summed E-state index contributed by atoms with van der Waals surface area (Å²) in [4.78, 5) is 27.4. The normalized spacial score (nSPS) is 24.6. The Morgan fingerprint density at radius 1 is 1.16 bits per heavy atom. The lowest BCUT2D eigenvalue weighted by Gasteiger charge is -2.52. The van der Waals surface area contributed by atoms with Gasteiger partial charge in [0.15, 0.2) is 5.60 Å². The zero-order valence-corrected chi connectivity index (χ0v) is 21.5. The molecular weight excluding hydrogens is 426 g/mol. The number of nitrogens with zero attached hydrogens (tertiary/aromatic N) is 1. The summed E-state index contributed by atoms with van der Waals surface area (Å²) in [5, 5.41) is 11.6. The van der Waals surface area contributed by atoms with Gasteiger partial charge in [-0.1, -0.05) is 26.2 Å². The van der Waals surface area contributed by atoms with E-state index < -0.39 is 17.2 Å². The lowest BCUT2D eigenvalue weighted by molar-refractivity contribution is -0.191. The van der Waals surface area contributed by atoms with Gasteiger partial charge in [0.05, 0.1) is 0 Å². The third kappa shape index (κ3) is 5.57. The minimum Gasteiger partial charge on any atom is -0.460 e. The molecular formula is C25H43NO5S. The minimum atomic E-state index is -1.38. The summed E-state index contributed by atoms with van der Waals surface area (Å²) in [6.45, 7) is 9.13. The molecule has 1 amide bonds. The molecule has 7 heteroatoms. The fourth-order valence-corrected chi connectivity index (χ4v) is 6.96. The molecule has 2 saturated carbocycles. The Morgan fingerprint density at radius 3 is 2.25 bits per heavy atom. The van der Waals surface area contributed by atoms with Gasteiger partial charge < -0.3 is 19.5 Å². The molecule has 2 atom stereocenters. The first kappa shape index (κ1) is 25.7. The summed E-state index contributed by atoms with van der Waals surface area (Å²) >= 11 is 1.60.